The summed E-state index contributed by atoms with van der Waals surface area (Å²) in [6, 6.07) is 10.4. The second kappa shape index (κ2) is 5.98. The summed E-state index contributed by atoms with van der Waals surface area (Å²) < 4.78 is 23.7. The van der Waals surface area contributed by atoms with Crippen molar-refractivity contribution in [3.8, 4) is 11.3 Å². The van der Waals surface area contributed by atoms with Crippen molar-refractivity contribution >= 4 is 6.08 Å². The molecule has 0 aliphatic heterocycles. The fraction of sp³-hybridized carbons (Fsp3) is 0.375. The number of hydrogen-bond donors (Lipinski definition) is 0. The summed E-state index contributed by atoms with van der Waals surface area (Å²) in [5, 5.41) is 0. The molecule has 1 aliphatic carbocycles. The van der Waals surface area contributed by atoms with Crippen LogP contribution in [0, 0.1) is 0 Å². The van der Waals surface area contributed by atoms with Crippen LogP contribution in [0.5, 0.6) is 0 Å². The van der Waals surface area contributed by atoms with E-state index in [0.717, 1.165) is 28.0 Å². The molecule has 3 rings (SSSR count). The second-order valence-corrected chi connectivity index (χ2v) is 7.94. The SMILES string of the molecule is [2H]C([2H])([2H])CC1=C(C)C(C)(C)c2cccc(-c3ccc(C=C)cn3)c2C1(C)C. The van der Waals surface area contributed by atoms with Crippen LogP contribution in [0.15, 0.2) is 54.3 Å². The first kappa shape index (κ1) is 14.1. The summed E-state index contributed by atoms with van der Waals surface area (Å²) in [4.78, 5) is 4.66. The molecule has 130 valence electrons. The summed E-state index contributed by atoms with van der Waals surface area (Å²) >= 11 is 0. The lowest BCUT2D eigenvalue weighted by atomic mass is 9.58. The Hall–Kier alpha value is -2.15. The number of allylic oxidation sites excluding steroid dienone is 2. The fourth-order valence-corrected chi connectivity index (χ4v) is 4.20. The Morgan fingerprint density at radius 3 is 2.48 bits per heavy atom. The van der Waals surface area contributed by atoms with Crippen molar-refractivity contribution in [1.82, 2.24) is 4.98 Å². The van der Waals surface area contributed by atoms with Crippen LogP contribution in [0.25, 0.3) is 17.3 Å². The number of fused-ring (bicyclic) bond motifs is 1. The highest BCUT2D eigenvalue weighted by Gasteiger charge is 2.42. The standard InChI is InChI=1S/C24H29N/c1-8-17-13-14-21(25-15-17)18-11-10-12-20-22(18)24(6,7)19(9-2)16(3)23(20,4)5/h8,10-15H,1,9H2,2-7H3/i2D3. The molecule has 0 unspecified atom stereocenters. The van der Waals surface area contributed by atoms with Gasteiger partial charge in [0.15, 0.2) is 0 Å². The molecule has 1 aliphatic rings. The molecule has 0 radical (unpaired) electrons. The molecule has 1 nitrogen and oxygen atoms in total. The molecule has 0 saturated heterocycles. The molecule has 1 heterocycles. The van der Waals surface area contributed by atoms with Gasteiger partial charge in [-0.1, -0.05) is 82.6 Å². The maximum absolute atomic E-state index is 7.89. The summed E-state index contributed by atoms with van der Waals surface area (Å²) in [5.74, 6) is 0. The summed E-state index contributed by atoms with van der Waals surface area (Å²) in [6.07, 6.45) is 3.71. The van der Waals surface area contributed by atoms with Crippen molar-refractivity contribution in [2.24, 2.45) is 0 Å². The lowest BCUT2D eigenvalue weighted by Crippen LogP contribution is -2.37. The molecular formula is C24H29N. The Labute approximate surface area is 156 Å². The van der Waals surface area contributed by atoms with Gasteiger partial charge in [-0.15, -0.1) is 0 Å². The van der Waals surface area contributed by atoms with Gasteiger partial charge in [0.25, 0.3) is 0 Å². The minimum Gasteiger partial charge on any atom is -0.256 e. The van der Waals surface area contributed by atoms with Gasteiger partial charge < -0.3 is 0 Å². The minimum absolute atomic E-state index is 0.103. The Balaban J connectivity index is 2.29. The summed E-state index contributed by atoms with van der Waals surface area (Å²) in [6.45, 7) is 12.6. The highest BCUT2D eigenvalue weighted by molar-refractivity contribution is 5.72. The number of pyridine rings is 1. The third-order valence-corrected chi connectivity index (χ3v) is 5.98. The molecule has 2 aromatic rings. The Morgan fingerprint density at radius 2 is 1.88 bits per heavy atom. The van der Waals surface area contributed by atoms with E-state index in [-0.39, 0.29) is 11.8 Å². The first-order valence-corrected chi connectivity index (χ1v) is 8.83. The molecule has 0 amide bonds. The van der Waals surface area contributed by atoms with Crippen molar-refractivity contribution in [2.45, 2.75) is 58.7 Å². The molecule has 0 spiro atoms. The first-order valence-electron chi connectivity index (χ1n) is 10.3. The molecule has 0 atom stereocenters. The fourth-order valence-electron chi connectivity index (χ4n) is 4.20. The molecule has 0 fully saturated rings. The van der Waals surface area contributed by atoms with Crippen LogP contribution in [0.4, 0.5) is 0 Å². The smallest absolute Gasteiger partial charge is 0.0705 e. The number of hydrogen-bond acceptors (Lipinski definition) is 1. The molecule has 0 N–H and O–H groups in total. The summed E-state index contributed by atoms with van der Waals surface area (Å²) in [5.41, 5.74) is 6.93. The van der Waals surface area contributed by atoms with E-state index in [1.807, 2.05) is 18.3 Å². The quantitative estimate of drug-likeness (QED) is 0.570. The van der Waals surface area contributed by atoms with E-state index < -0.39 is 12.3 Å². The van der Waals surface area contributed by atoms with Gasteiger partial charge in [0.2, 0.25) is 0 Å². The van der Waals surface area contributed by atoms with Gasteiger partial charge >= 0.3 is 0 Å². The van der Waals surface area contributed by atoms with Crippen molar-refractivity contribution in [3.05, 3.63) is 70.9 Å². The van der Waals surface area contributed by atoms with Gasteiger partial charge in [0, 0.05) is 26.7 Å². The molecule has 1 aromatic heterocycles. The average molecular weight is 335 g/mol. The van der Waals surface area contributed by atoms with Crippen molar-refractivity contribution in [3.63, 3.8) is 0 Å². The lowest BCUT2D eigenvalue weighted by Gasteiger charge is -2.45. The van der Waals surface area contributed by atoms with Crippen molar-refractivity contribution in [1.29, 1.82) is 0 Å². The molecule has 1 aromatic carbocycles. The highest BCUT2D eigenvalue weighted by atomic mass is 14.7. The topological polar surface area (TPSA) is 12.9 Å². The van der Waals surface area contributed by atoms with Crippen LogP contribution in [-0.4, -0.2) is 4.98 Å². The molecule has 0 saturated carbocycles. The zero-order valence-electron chi connectivity index (χ0n) is 18.9. The number of rotatable bonds is 3. The van der Waals surface area contributed by atoms with Crippen molar-refractivity contribution in [2.75, 3.05) is 0 Å². The number of benzene rings is 1. The van der Waals surface area contributed by atoms with Crippen molar-refractivity contribution < 1.29 is 4.11 Å². The maximum atomic E-state index is 7.89. The monoisotopic (exact) mass is 334 g/mol. The Morgan fingerprint density at radius 1 is 1.12 bits per heavy atom. The Bertz CT molecular complexity index is 945. The molecule has 0 bridgehead atoms. The summed E-state index contributed by atoms with van der Waals surface area (Å²) in [7, 11) is 0. The van der Waals surface area contributed by atoms with E-state index in [1.165, 1.54) is 11.1 Å². The van der Waals surface area contributed by atoms with Crippen LogP contribution < -0.4 is 0 Å². The number of aromatic nitrogens is 1. The maximum Gasteiger partial charge on any atom is 0.0705 e. The van der Waals surface area contributed by atoms with Crippen LogP contribution >= 0.6 is 0 Å². The predicted octanol–water partition coefficient (Wildman–Crippen LogP) is 6.69. The van der Waals surface area contributed by atoms with Gasteiger partial charge in [-0.25, -0.2) is 0 Å². The third-order valence-electron chi connectivity index (χ3n) is 5.98. The van der Waals surface area contributed by atoms with E-state index in [2.05, 4.69) is 64.4 Å². The van der Waals surface area contributed by atoms with Gasteiger partial charge in [0.05, 0.1) is 5.69 Å². The third kappa shape index (κ3) is 2.57. The van der Waals surface area contributed by atoms with Gasteiger partial charge in [-0.2, -0.15) is 0 Å². The zero-order valence-corrected chi connectivity index (χ0v) is 15.9. The van der Waals surface area contributed by atoms with Crippen LogP contribution in [-0.2, 0) is 10.8 Å². The Kier molecular flexibility index (Phi) is 3.37. The van der Waals surface area contributed by atoms with Gasteiger partial charge in [0.1, 0.15) is 0 Å². The average Bonchev–Trinajstić information content (AvgIpc) is 2.63. The lowest BCUT2D eigenvalue weighted by molar-refractivity contribution is 0.493. The number of nitrogens with zero attached hydrogens (tertiary/aromatic N) is 1. The van der Waals surface area contributed by atoms with Gasteiger partial charge in [-0.05, 0) is 36.1 Å². The zero-order chi connectivity index (χ0) is 20.9. The van der Waals surface area contributed by atoms with E-state index in [9.17, 15) is 0 Å². The predicted molar refractivity (Wildman–Crippen MR) is 109 cm³/mol. The molecular weight excluding hydrogens is 302 g/mol. The van der Waals surface area contributed by atoms with Crippen LogP contribution in [0.2, 0.25) is 0 Å². The second-order valence-electron chi connectivity index (χ2n) is 7.94. The minimum atomic E-state index is -2.00. The molecule has 25 heavy (non-hydrogen) atoms. The van der Waals surface area contributed by atoms with E-state index in [1.54, 1.807) is 6.08 Å². The van der Waals surface area contributed by atoms with Crippen LogP contribution in [0.1, 0.15) is 68.7 Å². The van der Waals surface area contributed by atoms with Gasteiger partial charge in [-0.3, -0.25) is 4.98 Å². The first-order chi connectivity index (χ1) is 12.9. The van der Waals surface area contributed by atoms with E-state index in [0.29, 0.717) is 0 Å². The largest absolute Gasteiger partial charge is 0.256 e. The van der Waals surface area contributed by atoms with Crippen LogP contribution in [0.3, 0.4) is 0 Å². The van der Waals surface area contributed by atoms with E-state index >= 15 is 0 Å². The van der Waals surface area contributed by atoms with E-state index in [4.69, 9.17) is 4.11 Å². The highest BCUT2D eigenvalue weighted by Crippen LogP contribution is 2.52. The molecule has 1 heteroatoms. The normalized spacial score (nSPS) is 20.3.